The van der Waals surface area contributed by atoms with Gasteiger partial charge in [0.2, 0.25) is 11.5 Å². The van der Waals surface area contributed by atoms with Gasteiger partial charge in [0.1, 0.15) is 17.4 Å². The van der Waals surface area contributed by atoms with Crippen molar-refractivity contribution in [1.82, 2.24) is 0 Å². The Morgan fingerprint density at radius 1 is 0.923 bits per heavy atom. The average Bonchev–Trinajstić information content (AvgIpc) is 2.70. The molecule has 0 amide bonds. The lowest BCUT2D eigenvalue weighted by atomic mass is 10.0. The zero-order valence-corrected chi connectivity index (χ0v) is 15.0. The number of carbonyl (C=O) groups excluding carboxylic acids is 1. The Bertz CT molecular complexity index is 838. The van der Waals surface area contributed by atoms with Gasteiger partial charge < -0.3 is 18.9 Å². The first-order chi connectivity index (χ1) is 12.6. The summed E-state index contributed by atoms with van der Waals surface area (Å²) in [6.07, 6.45) is 1.48. The first kappa shape index (κ1) is 18.9. The largest absolute Gasteiger partial charge is 0.497 e. The Labute approximate surface area is 152 Å². The van der Waals surface area contributed by atoms with Crippen molar-refractivity contribution in [3.8, 4) is 29.1 Å². The Hall–Kier alpha value is -3.46. The molecule has 6 heteroatoms. The van der Waals surface area contributed by atoms with Crippen LogP contribution in [0, 0.1) is 11.3 Å². The van der Waals surface area contributed by atoms with E-state index < -0.39 is 0 Å². The third-order valence-corrected chi connectivity index (χ3v) is 3.72. The van der Waals surface area contributed by atoms with E-state index in [0.29, 0.717) is 34.1 Å². The number of methoxy groups -OCH3 is 4. The summed E-state index contributed by atoms with van der Waals surface area (Å²) < 4.78 is 20.9. The van der Waals surface area contributed by atoms with Crippen LogP contribution in [0.2, 0.25) is 0 Å². The van der Waals surface area contributed by atoms with Crippen molar-refractivity contribution in [2.45, 2.75) is 0 Å². The van der Waals surface area contributed by atoms with Gasteiger partial charge >= 0.3 is 0 Å². The lowest BCUT2D eigenvalue weighted by molar-refractivity contribution is 0.104. The molecule has 0 aromatic heterocycles. The summed E-state index contributed by atoms with van der Waals surface area (Å²) in [5, 5.41) is 9.42. The minimum Gasteiger partial charge on any atom is -0.497 e. The topological polar surface area (TPSA) is 77.8 Å². The number of hydrogen-bond donors (Lipinski definition) is 0. The number of nitriles is 1. The van der Waals surface area contributed by atoms with Gasteiger partial charge in [0.25, 0.3) is 0 Å². The van der Waals surface area contributed by atoms with Crippen molar-refractivity contribution in [3.63, 3.8) is 0 Å². The maximum Gasteiger partial charge on any atom is 0.203 e. The highest BCUT2D eigenvalue weighted by molar-refractivity contribution is 6.14. The molecule has 0 unspecified atom stereocenters. The number of nitrogens with zero attached hydrogens (tertiary/aromatic N) is 1. The zero-order chi connectivity index (χ0) is 19.1. The molecule has 2 rings (SSSR count). The summed E-state index contributed by atoms with van der Waals surface area (Å²) in [6, 6.07) is 11.8. The molecule has 0 spiro atoms. The van der Waals surface area contributed by atoms with Gasteiger partial charge in [-0.25, -0.2) is 0 Å². The summed E-state index contributed by atoms with van der Waals surface area (Å²) in [4.78, 5) is 12.6. The van der Waals surface area contributed by atoms with Crippen LogP contribution < -0.4 is 18.9 Å². The van der Waals surface area contributed by atoms with Crippen LogP contribution in [0.25, 0.3) is 6.08 Å². The van der Waals surface area contributed by atoms with Crippen LogP contribution in [0.1, 0.15) is 15.9 Å². The smallest absolute Gasteiger partial charge is 0.203 e. The molecular formula is C20H19NO5. The molecule has 0 aliphatic carbocycles. The SMILES string of the molecule is COc1ccc(C(=O)/C(C#N)=C/c2cc(OC)c(OC)c(OC)c2)cc1. The molecule has 0 saturated carbocycles. The molecular weight excluding hydrogens is 334 g/mol. The molecule has 2 aromatic carbocycles. The van der Waals surface area contributed by atoms with E-state index in [4.69, 9.17) is 18.9 Å². The van der Waals surface area contributed by atoms with Crippen LogP contribution in [0.4, 0.5) is 0 Å². The van der Waals surface area contributed by atoms with E-state index in [2.05, 4.69) is 0 Å². The standard InChI is InChI=1S/C20H19NO5/c1-23-16-7-5-14(6-8-16)19(22)15(12-21)9-13-10-17(24-2)20(26-4)18(11-13)25-3/h5-11H,1-4H3/b15-9+. The van der Waals surface area contributed by atoms with Crippen molar-refractivity contribution < 1.29 is 23.7 Å². The normalized spacial score (nSPS) is 10.7. The van der Waals surface area contributed by atoms with E-state index in [1.54, 1.807) is 43.5 Å². The number of ketones is 1. The number of hydrogen-bond acceptors (Lipinski definition) is 6. The Kier molecular flexibility index (Phi) is 6.23. The van der Waals surface area contributed by atoms with Gasteiger partial charge in [-0.1, -0.05) is 0 Å². The first-order valence-electron chi connectivity index (χ1n) is 7.68. The fourth-order valence-corrected chi connectivity index (χ4v) is 2.40. The van der Waals surface area contributed by atoms with Crippen LogP contribution in [-0.2, 0) is 0 Å². The highest BCUT2D eigenvalue weighted by Crippen LogP contribution is 2.38. The predicted octanol–water partition coefficient (Wildman–Crippen LogP) is 3.51. The fourth-order valence-electron chi connectivity index (χ4n) is 2.40. The third-order valence-electron chi connectivity index (χ3n) is 3.72. The summed E-state index contributed by atoms with van der Waals surface area (Å²) in [5.74, 6) is 1.56. The van der Waals surface area contributed by atoms with E-state index in [1.165, 1.54) is 27.4 Å². The van der Waals surface area contributed by atoms with E-state index in [1.807, 2.05) is 6.07 Å². The van der Waals surface area contributed by atoms with Crippen molar-refractivity contribution in [1.29, 1.82) is 5.26 Å². The van der Waals surface area contributed by atoms with Crippen molar-refractivity contribution in [2.24, 2.45) is 0 Å². The average molecular weight is 353 g/mol. The third kappa shape index (κ3) is 3.95. The van der Waals surface area contributed by atoms with E-state index in [0.717, 1.165) is 0 Å². The molecule has 0 bridgehead atoms. The molecule has 0 radical (unpaired) electrons. The molecule has 0 saturated heterocycles. The van der Waals surface area contributed by atoms with Gasteiger partial charge in [-0.15, -0.1) is 0 Å². The van der Waals surface area contributed by atoms with Crippen LogP contribution in [0.3, 0.4) is 0 Å². The van der Waals surface area contributed by atoms with Gasteiger partial charge in [0.15, 0.2) is 11.5 Å². The number of allylic oxidation sites excluding steroid dienone is 1. The Morgan fingerprint density at radius 2 is 1.50 bits per heavy atom. The molecule has 134 valence electrons. The first-order valence-corrected chi connectivity index (χ1v) is 7.68. The molecule has 0 N–H and O–H groups in total. The minimum atomic E-state index is -0.385. The van der Waals surface area contributed by atoms with Crippen LogP contribution in [-0.4, -0.2) is 34.2 Å². The summed E-state index contributed by atoms with van der Waals surface area (Å²) in [6.45, 7) is 0. The second-order valence-corrected chi connectivity index (χ2v) is 5.19. The molecule has 0 aliphatic rings. The fraction of sp³-hybridized carbons (Fsp3) is 0.200. The van der Waals surface area contributed by atoms with Crippen LogP contribution in [0.5, 0.6) is 23.0 Å². The number of Topliss-reactive ketones (excluding diaryl/α,β-unsaturated/α-hetero) is 1. The Morgan fingerprint density at radius 3 is 1.92 bits per heavy atom. The molecule has 0 atom stereocenters. The van der Waals surface area contributed by atoms with Crippen molar-refractivity contribution in [2.75, 3.05) is 28.4 Å². The lowest BCUT2D eigenvalue weighted by Gasteiger charge is -2.13. The van der Waals surface area contributed by atoms with Gasteiger partial charge in [0.05, 0.1) is 28.4 Å². The maximum absolute atomic E-state index is 12.6. The maximum atomic E-state index is 12.6. The zero-order valence-electron chi connectivity index (χ0n) is 15.0. The van der Waals surface area contributed by atoms with Crippen LogP contribution in [0.15, 0.2) is 42.0 Å². The molecule has 26 heavy (non-hydrogen) atoms. The summed E-state index contributed by atoms with van der Waals surface area (Å²) >= 11 is 0. The van der Waals surface area contributed by atoms with Crippen LogP contribution >= 0.6 is 0 Å². The summed E-state index contributed by atoms with van der Waals surface area (Å²) in [5.41, 5.74) is 0.966. The molecule has 0 fully saturated rings. The lowest BCUT2D eigenvalue weighted by Crippen LogP contribution is -2.02. The van der Waals surface area contributed by atoms with E-state index in [-0.39, 0.29) is 11.4 Å². The minimum absolute atomic E-state index is 0.00978. The van der Waals surface area contributed by atoms with Gasteiger partial charge in [-0.05, 0) is 48.0 Å². The molecule has 0 aliphatic heterocycles. The quantitative estimate of drug-likeness (QED) is 0.431. The molecule has 2 aromatic rings. The van der Waals surface area contributed by atoms with Gasteiger partial charge in [0, 0.05) is 5.56 Å². The van der Waals surface area contributed by atoms with Gasteiger partial charge in [-0.3, -0.25) is 4.79 Å². The number of carbonyl (C=O) groups is 1. The second-order valence-electron chi connectivity index (χ2n) is 5.19. The van der Waals surface area contributed by atoms with E-state index >= 15 is 0 Å². The molecule has 0 heterocycles. The van der Waals surface area contributed by atoms with Crippen molar-refractivity contribution >= 4 is 11.9 Å². The molecule has 6 nitrogen and oxygen atoms in total. The monoisotopic (exact) mass is 353 g/mol. The highest BCUT2D eigenvalue weighted by Gasteiger charge is 2.16. The summed E-state index contributed by atoms with van der Waals surface area (Å²) in [7, 11) is 6.04. The van der Waals surface area contributed by atoms with Crippen molar-refractivity contribution in [3.05, 3.63) is 53.1 Å². The number of rotatable bonds is 7. The van der Waals surface area contributed by atoms with E-state index in [9.17, 15) is 10.1 Å². The highest BCUT2D eigenvalue weighted by atomic mass is 16.5. The van der Waals surface area contributed by atoms with Gasteiger partial charge in [-0.2, -0.15) is 5.26 Å². The number of benzene rings is 2. The Balaban J connectivity index is 2.44. The predicted molar refractivity (Wildman–Crippen MR) is 97.0 cm³/mol. The number of ether oxygens (including phenoxy) is 4. The second kappa shape index (κ2) is 8.58.